The van der Waals surface area contributed by atoms with Crippen molar-refractivity contribution in [2.24, 2.45) is 0 Å². The van der Waals surface area contributed by atoms with Crippen LogP contribution in [0.2, 0.25) is 5.02 Å². The Balaban J connectivity index is 1.70. The maximum atomic E-state index is 6.46. The van der Waals surface area contributed by atoms with Gasteiger partial charge < -0.3 is 13.7 Å². The van der Waals surface area contributed by atoms with E-state index in [0.29, 0.717) is 5.02 Å². The molecule has 5 rings (SSSR count). The standard InChI is InChI=1S/C22H20BClO3/c1-21(2)22(3,4)27-23(26-21)13-9-10-16-18(11-13)25-19-12-17(24)14-7-5-6-8-15(14)20(16)19/h5-12H,1-4H3. The topological polar surface area (TPSA) is 31.6 Å². The first-order valence-corrected chi connectivity index (χ1v) is 9.54. The molecule has 0 N–H and O–H groups in total. The average Bonchev–Trinajstić information content (AvgIpc) is 3.08. The lowest BCUT2D eigenvalue weighted by Gasteiger charge is -2.32. The summed E-state index contributed by atoms with van der Waals surface area (Å²) in [6.07, 6.45) is 0. The van der Waals surface area contributed by atoms with Crippen molar-refractivity contribution in [1.82, 2.24) is 0 Å². The van der Waals surface area contributed by atoms with Crippen molar-refractivity contribution in [2.45, 2.75) is 38.9 Å². The van der Waals surface area contributed by atoms with Gasteiger partial charge >= 0.3 is 7.12 Å². The molecule has 3 nitrogen and oxygen atoms in total. The Morgan fingerprint density at radius 1 is 0.778 bits per heavy atom. The molecule has 4 aromatic rings. The van der Waals surface area contributed by atoms with E-state index in [4.69, 9.17) is 25.3 Å². The van der Waals surface area contributed by atoms with Crippen molar-refractivity contribution in [3.63, 3.8) is 0 Å². The number of rotatable bonds is 1. The van der Waals surface area contributed by atoms with E-state index in [2.05, 4.69) is 45.9 Å². The summed E-state index contributed by atoms with van der Waals surface area (Å²) < 4.78 is 18.5. The van der Waals surface area contributed by atoms with Gasteiger partial charge in [-0.05, 0) is 44.6 Å². The van der Waals surface area contributed by atoms with Crippen LogP contribution < -0.4 is 5.46 Å². The Kier molecular flexibility index (Phi) is 3.49. The SMILES string of the molecule is CC1(C)OB(c2ccc3c(c2)oc2cc(Cl)c4ccccc4c23)OC1(C)C. The molecule has 1 fully saturated rings. The molecule has 0 radical (unpaired) electrons. The van der Waals surface area contributed by atoms with Crippen molar-refractivity contribution in [3.05, 3.63) is 53.6 Å². The maximum absolute atomic E-state index is 6.46. The maximum Gasteiger partial charge on any atom is 0.494 e. The molecule has 0 bridgehead atoms. The van der Waals surface area contributed by atoms with Gasteiger partial charge in [0, 0.05) is 22.2 Å². The fourth-order valence-electron chi connectivity index (χ4n) is 3.74. The second kappa shape index (κ2) is 5.51. The molecule has 0 amide bonds. The zero-order valence-corrected chi connectivity index (χ0v) is 16.6. The van der Waals surface area contributed by atoms with Gasteiger partial charge in [0.05, 0.1) is 16.2 Å². The molecular formula is C22H20BClO3. The minimum atomic E-state index is -0.409. The van der Waals surface area contributed by atoms with E-state index in [-0.39, 0.29) is 11.2 Å². The Bertz CT molecular complexity index is 1190. The van der Waals surface area contributed by atoms with Gasteiger partial charge in [0.2, 0.25) is 0 Å². The van der Waals surface area contributed by atoms with Gasteiger partial charge in [-0.3, -0.25) is 0 Å². The van der Waals surface area contributed by atoms with Gasteiger partial charge in [-0.15, -0.1) is 0 Å². The van der Waals surface area contributed by atoms with Crippen LogP contribution in [0.4, 0.5) is 0 Å². The summed E-state index contributed by atoms with van der Waals surface area (Å²) >= 11 is 6.46. The molecule has 0 atom stereocenters. The van der Waals surface area contributed by atoms with Crippen LogP contribution in [-0.2, 0) is 9.31 Å². The predicted octanol–water partition coefficient (Wildman–Crippen LogP) is 5.69. The number of furan rings is 1. The lowest BCUT2D eigenvalue weighted by Crippen LogP contribution is -2.41. The van der Waals surface area contributed by atoms with Crippen LogP contribution in [0.5, 0.6) is 0 Å². The van der Waals surface area contributed by atoms with Crippen molar-refractivity contribution in [1.29, 1.82) is 0 Å². The highest BCUT2D eigenvalue weighted by molar-refractivity contribution is 6.62. The highest BCUT2D eigenvalue weighted by atomic mass is 35.5. The zero-order valence-electron chi connectivity index (χ0n) is 15.8. The lowest BCUT2D eigenvalue weighted by atomic mass is 9.79. The highest BCUT2D eigenvalue weighted by Gasteiger charge is 2.51. The summed E-state index contributed by atoms with van der Waals surface area (Å²) in [5.74, 6) is 0. The molecule has 5 heteroatoms. The van der Waals surface area contributed by atoms with Crippen LogP contribution in [0.3, 0.4) is 0 Å². The van der Waals surface area contributed by atoms with Crippen LogP contribution in [0.25, 0.3) is 32.7 Å². The summed E-state index contributed by atoms with van der Waals surface area (Å²) in [5.41, 5.74) is 1.81. The Morgan fingerprint density at radius 3 is 2.15 bits per heavy atom. The molecule has 3 aromatic carbocycles. The Hall–Kier alpha value is -2.01. The molecule has 27 heavy (non-hydrogen) atoms. The van der Waals surface area contributed by atoms with E-state index < -0.39 is 7.12 Å². The summed E-state index contributed by atoms with van der Waals surface area (Å²) in [7, 11) is -0.409. The van der Waals surface area contributed by atoms with Crippen molar-refractivity contribution < 1.29 is 13.7 Å². The van der Waals surface area contributed by atoms with E-state index in [1.165, 1.54) is 0 Å². The van der Waals surface area contributed by atoms with Gasteiger partial charge in [-0.25, -0.2) is 0 Å². The highest BCUT2D eigenvalue weighted by Crippen LogP contribution is 2.39. The normalized spacial score (nSPS) is 18.8. The van der Waals surface area contributed by atoms with Crippen LogP contribution in [0.15, 0.2) is 52.9 Å². The fourth-order valence-corrected chi connectivity index (χ4v) is 4.00. The molecule has 0 aliphatic carbocycles. The molecule has 1 aliphatic heterocycles. The molecule has 0 saturated carbocycles. The average molecular weight is 379 g/mol. The number of halogens is 1. The van der Waals surface area contributed by atoms with Crippen molar-refractivity contribution >= 4 is 56.9 Å². The van der Waals surface area contributed by atoms with Gasteiger partial charge in [-0.1, -0.05) is 48.0 Å². The largest absolute Gasteiger partial charge is 0.494 e. The second-order valence-electron chi connectivity index (χ2n) is 8.22. The molecule has 1 aliphatic rings. The monoisotopic (exact) mass is 378 g/mol. The van der Waals surface area contributed by atoms with Gasteiger partial charge in [0.15, 0.2) is 0 Å². The van der Waals surface area contributed by atoms with Gasteiger partial charge in [0.25, 0.3) is 0 Å². The van der Waals surface area contributed by atoms with Crippen molar-refractivity contribution in [2.75, 3.05) is 0 Å². The fraction of sp³-hybridized carbons (Fsp3) is 0.273. The Labute approximate surface area is 163 Å². The molecule has 2 heterocycles. The van der Waals surface area contributed by atoms with Crippen LogP contribution in [-0.4, -0.2) is 18.3 Å². The van der Waals surface area contributed by atoms with Gasteiger partial charge in [0.1, 0.15) is 11.2 Å². The minimum Gasteiger partial charge on any atom is -0.456 e. The van der Waals surface area contributed by atoms with E-state index in [1.807, 2.05) is 30.3 Å². The van der Waals surface area contributed by atoms with E-state index in [0.717, 1.165) is 38.2 Å². The molecular weight excluding hydrogens is 359 g/mol. The van der Waals surface area contributed by atoms with E-state index in [9.17, 15) is 0 Å². The molecule has 1 aromatic heterocycles. The molecule has 136 valence electrons. The third-order valence-corrected chi connectivity index (χ3v) is 6.29. The zero-order chi connectivity index (χ0) is 19.0. The third-order valence-electron chi connectivity index (χ3n) is 5.98. The number of fused-ring (bicyclic) bond motifs is 5. The first kappa shape index (κ1) is 17.1. The lowest BCUT2D eigenvalue weighted by molar-refractivity contribution is 0.00578. The summed E-state index contributed by atoms with van der Waals surface area (Å²) in [6.45, 7) is 8.23. The summed E-state index contributed by atoms with van der Waals surface area (Å²) in [4.78, 5) is 0. The molecule has 0 spiro atoms. The second-order valence-corrected chi connectivity index (χ2v) is 8.63. The van der Waals surface area contributed by atoms with E-state index in [1.54, 1.807) is 0 Å². The quantitative estimate of drug-likeness (QED) is 0.399. The summed E-state index contributed by atoms with van der Waals surface area (Å²) in [6, 6.07) is 16.2. The minimum absolute atomic E-state index is 0.371. The van der Waals surface area contributed by atoms with Crippen LogP contribution in [0.1, 0.15) is 27.7 Å². The van der Waals surface area contributed by atoms with E-state index >= 15 is 0 Å². The number of benzene rings is 3. The molecule has 1 saturated heterocycles. The Morgan fingerprint density at radius 2 is 1.44 bits per heavy atom. The number of hydrogen-bond donors (Lipinski definition) is 0. The smallest absolute Gasteiger partial charge is 0.456 e. The van der Waals surface area contributed by atoms with Crippen molar-refractivity contribution in [3.8, 4) is 0 Å². The first-order chi connectivity index (χ1) is 12.8. The third kappa shape index (κ3) is 2.44. The van der Waals surface area contributed by atoms with Crippen LogP contribution >= 0.6 is 11.6 Å². The first-order valence-electron chi connectivity index (χ1n) is 9.16. The molecule has 0 unspecified atom stereocenters. The number of hydrogen-bond acceptors (Lipinski definition) is 3. The predicted molar refractivity (Wildman–Crippen MR) is 112 cm³/mol. The summed E-state index contributed by atoms with van der Waals surface area (Å²) in [5, 5.41) is 4.98. The van der Waals surface area contributed by atoms with Gasteiger partial charge in [-0.2, -0.15) is 0 Å². The van der Waals surface area contributed by atoms with Crippen LogP contribution in [0, 0.1) is 0 Å².